The van der Waals surface area contributed by atoms with E-state index in [9.17, 15) is 13.3 Å². The van der Waals surface area contributed by atoms with E-state index in [0.29, 0.717) is 18.5 Å². The van der Waals surface area contributed by atoms with Crippen molar-refractivity contribution < 1.29 is 13.3 Å². The Bertz CT molecular complexity index is 366. The minimum absolute atomic E-state index is 0.0408. The van der Waals surface area contributed by atoms with Gasteiger partial charge in [0.2, 0.25) is 0 Å². The van der Waals surface area contributed by atoms with Crippen molar-refractivity contribution in [1.82, 2.24) is 5.32 Å². The van der Waals surface area contributed by atoms with Gasteiger partial charge in [-0.2, -0.15) is 0 Å². The average molecular weight is 245 g/mol. The first-order valence-electron chi connectivity index (χ1n) is 5.08. The number of benzene rings is 1. The molecule has 2 unspecified atom stereocenters. The summed E-state index contributed by atoms with van der Waals surface area (Å²) in [5.41, 5.74) is 0.637. The van der Waals surface area contributed by atoms with Crippen LogP contribution < -0.4 is 5.32 Å². The largest absolute Gasteiger partial charge is 0.615 e. The Kier molecular flexibility index (Phi) is 3.47. The Morgan fingerprint density at radius 2 is 1.94 bits per heavy atom. The van der Waals surface area contributed by atoms with E-state index < -0.39 is 22.8 Å². The summed E-state index contributed by atoms with van der Waals surface area (Å²) in [6.45, 7) is 0.618. The highest BCUT2D eigenvalue weighted by atomic mass is 32.2. The maximum Gasteiger partial charge on any atom is 0.167 e. The smallest absolute Gasteiger partial charge is 0.167 e. The third-order valence-electron chi connectivity index (χ3n) is 2.85. The lowest BCUT2D eigenvalue weighted by molar-refractivity contribution is 0.572. The first kappa shape index (κ1) is 11.8. The van der Waals surface area contributed by atoms with Gasteiger partial charge in [-0.05, 0) is 28.9 Å². The molecule has 1 fully saturated rings. The van der Waals surface area contributed by atoms with Crippen molar-refractivity contribution in [1.29, 1.82) is 0 Å². The molecule has 0 bridgehead atoms. The van der Waals surface area contributed by atoms with Crippen molar-refractivity contribution in [2.24, 2.45) is 0 Å². The molecule has 1 saturated heterocycles. The summed E-state index contributed by atoms with van der Waals surface area (Å²) in [6, 6.07) is 3.55. The minimum atomic E-state index is -0.945. The fraction of sp³-hybridized carbons (Fsp3) is 0.455. The van der Waals surface area contributed by atoms with E-state index >= 15 is 0 Å². The van der Waals surface area contributed by atoms with Gasteiger partial charge in [-0.25, -0.2) is 8.78 Å². The van der Waals surface area contributed by atoms with E-state index in [1.165, 1.54) is 12.1 Å². The van der Waals surface area contributed by atoms with Gasteiger partial charge in [-0.3, -0.25) is 5.32 Å². The van der Waals surface area contributed by atoms with Gasteiger partial charge in [0.1, 0.15) is 11.6 Å². The van der Waals surface area contributed by atoms with Crippen LogP contribution in [0.5, 0.6) is 0 Å². The van der Waals surface area contributed by atoms with Gasteiger partial charge in [0, 0.05) is 24.9 Å². The number of hydrogen-bond acceptors (Lipinski definition) is 2. The van der Waals surface area contributed by atoms with Gasteiger partial charge in [-0.15, -0.1) is 0 Å². The predicted molar refractivity (Wildman–Crippen MR) is 59.6 cm³/mol. The van der Waals surface area contributed by atoms with Gasteiger partial charge in [0.05, 0.1) is 6.26 Å². The zero-order valence-corrected chi connectivity index (χ0v) is 9.69. The summed E-state index contributed by atoms with van der Waals surface area (Å²) >= 11 is -0.945. The third kappa shape index (κ3) is 2.53. The predicted octanol–water partition coefficient (Wildman–Crippen LogP) is 1.75. The van der Waals surface area contributed by atoms with E-state index in [4.69, 9.17) is 0 Å². The lowest BCUT2D eigenvalue weighted by atomic mass is 9.98. The van der Waals surface area contributed by atoms with Crippen molar-refractivity contribution in [2.75, 3.05) is 12.8 Å². The van der Waals surface area contributed by atoms with Crippen molar-refractivity contribution >= 4 is 11.2 Å². The maximum absolute atomic E-state index is 13.0. The van der Waals surface area contributed by atoms with E-state index in [-0.39, 0.29) is 11.3 Å². The standard InChI is InChI=1S/C11H13F2NOS/c1-16(15)11-4-8(6-14-11)7-2-9(12)5-10(13)3-7/h2-3,5,8,11,14H,4,6H2,1H3/t8-,11?,16?/m1/s1. The Labute approximate surface area is 96.2 Å². The monoisotopic (exact) mass is 245 g/mol. The summed E-state index contributed by atoms with van der Waals surface area (Å²) in [7, 11) is 0. The lowest BCUT2D eigenvalue weighted by Crippen LogP contribution is -2.29. The molecule has 1 aliphatic rings. The molecule has 88 valence electrons. The molecule has 1 aromatic rings. The van der Waals surface area contributed by atoms with Gasteiger partial charge in [-0.1, -0.05) is 0 Å². The van der Waals surface area contributed by atoms with E-state index in [2.05, 4.69) is 5.32 Å². The number of hydrogen-bond donors (Lipinski definition) is 1. The summed E-state index contributed by atoms with van der Waals surface area (Å²) in [5.74, 6) is -1.08. The molecule has 1 aliphatic heterocycles. The molecule has 2 nitrogen and oxygen atoms in total. The van der Waals surface area contributed by atoms with Crippen molar-refractivity contribution in [3.05, 3.63) is 35.4 Å². The van der Waals surface area contributed by atoms with Crippen LogP contribution in [0.4, 0.5) is 8.78 Å². The molecular formula is C11H13F2NOS. The van der Waals surface area contributed by atoms with E-state index in [1.807, 2.05) is 0 Å². The first-order chi connectivity index (χ1) is 7.56. The summed E-state index contributed by atoms with van der Waals surface area (Å²) < 4.78 is 37.3. The number of rotatable bonds is 2. The molecular weight excluding hydrogens is 232 g/mol. The van der Waals surface area contributed by atoms with Crippen LogP contribution in [-0.2, 0) is 11.2 Å². The Hall–Kier alpha value is -0.650. The van der Waals surface area contributed by atoms with Crippen LogP contribution in [0.2, 0.25) is 0 Å². The summed E-state index contributed by atoms with van der Waals surface area (Å²) in [6.07, 6.45) is 2.29. The van der Waals surface area contributed by atoms with E-state index in [0.717, 1.165) is 6.07 Å². The van der Waals surface area contributed by atoms with Crippen LogP contribution in [0.15, 0.2) is 18.2 Å². The lowest BCUT2D eigenvalue weighted by Gasteiger charge is -2.13. The molecule has 0 amide bonds. The SMILES string of the molecule is C[S+]([O-])C1C[C@@H](c2cc(F)cc(F)c2)CN1. The molecule has 0 aliphatic carbocycles. The summed E-state index contributed by atoms with van der Waals surface area (Å²) in [5, 5.41) is 3.03. The fourth-order valence-electron chi connectivity index (χ4n) is 2.02. The molecule has 1 aromatic carbocycles. The molecule has 0 aromatic heterocycles. The van der Waals surface area contributed by atoms with E-state index in [1.54, 1.807) is 6.26 Å². The molecule has 0 saturated carbocycles. The molecule has 2 rings (SSSR count). The first-order valence-corrected chi connectivity index (χ1v) is 6.70. The van der Waals surface area contributed by atoms with Gasteiger partial charge in [0.25, 0.3) is 0 Å². The highest BCUT2D eigenvalue weighted by Gasteiger charge is 2.31. The molecule has 16 heavy (non-hydrogen) atoms. The van der Waals surface area contributed by atoms with Gasteiger partial charge >= 0.3 is 0 Å². The Morgan fingerprint density at radius 3 is 2.44 bits per heavy atom. The topological polar surface area (TPSA) is 35.1 Å². The number of halogens is 2. The zero-order valence-electron chi connectivity index (χ0n) is 8.87. The molecule has 1 N–H and O–H groups in total. The Balaban J connectivity index is 2.14. The van der Waals surface area contributed by atoms with Crippen LogP contribution in [0, 0.1) is 11.6 Å². The quantitative estimate of drug-likeness (QED) is 0.806. The number of nitrogens with one attached hydrogen (secondary N) is 1. The normalized spacial score (nSPS) is 27.0. The van der Waals surface area contributed by atoms with Crippen LogP contribution in [0.3, 0.4) is 0 Å². The van der Waals surface area contributed by atoms with Gasteiger partial charge < -0.3 is 4.55 Å². The molecule has 3 atom stereocenters. The van der Waals surface area contributed by atoms with Crippen molar-refractivity contribution in [3.8, 4) is 0 Å². The molecule has 0 spiro atoms. The van der Waals surface area contributed by atoms with Crippen molar-refractivity contribution in [3.63, 3.8) is 0 Å². The average Bonchev–Trinajstić information content (AvgIpc) is 2.64. The molecule has 0 radical (unpaired) electrons. The second-order valence-corrected chi connectivity index (χ2v) is 5.60. The van der Waals surface area contributed by atoms with Crippen molar-refractivity contribution in [2.45, 2.75) is 17.7 Å². The molecule has 5 heteroatoms. The fourth-order valence-corrected chi connectivity index (χ4v) is 2.85. The van der Waals surface area contributed by atoms with Gasteiger partial charge in [0.15, 0.2) is 5.37 Å². The second-order valence-electron chi connectivity index (χ2n) is 4.03. The van der Waals surface area contributed by atoms with Crippen LogP contribution in [0.1, 0.15) is 17.9 Å². The second kappa shape index (κ2) is 4.69. The minimum Gasteiger partial charge on any atom is -0.615 e. The third-order valence-corrected chi connectivity index (χ3v) is 4.01. The summed E-state index contributed by atoms with van der Waals surface area (Å²) in [4.78, 5) is 0. The van der Waals surface area contributed by atoms with Crippen LogP contribution in [-0.4, -0.2) is 22.7 Å². The maximum atomic E-state index is 13.0. The zero-order chi connectivity index (χ0) is 11.7. The van der Waals surface area contributed by atoms with Crippen LogP contribution >= 0.6 is 0 Å². The Morgan fingerprint density at radius 1 is 1.31 bits per heavy atom. The molecule has 1 heterocycles. The van der Waals surface area contributed by atoms with Crippen LogP contribution in [0.25, 0.3) is 0 Å². The highest BCUT2D eigenvalue weighted by molar-refractivity contribution is 7.91. The highest BCUT2D eigenvalue weighted by Crippen LogP contribution is 2.28.